The second kappa shape index (κ2) is 6.26. The fourth-order valence-electron chi connectivity index (χ4n) is 1.49. The summed E-state index contributed by atoms with van der Waals surface area (Å²) < 4.78 is 4.96. The Hall–Kier alpha value is -1.56. The maximum Gasteiger partial charge on any atom is 0.203 e. The Balaban J connectivity index is 2.35. The van der Waals surface area contributed by atoms with Gasteiger partial charge in [0.1, 0.15) is 17.4 Å². The maximum absolute atomic E-state index is 12.2. The number of carboxylic acid groups (broad SMARTS) is 1. The molecule has 20 heavy (non-hydrogen) atoms. The monoisotopic (exact) mass is 329 g/mol. The zero-order valence-corrected chi connectivity index (χ0v) is 12.2. The van der Waals surface area contributed by atoms with Gasteiger partial charge in [-0.25, -0.2) is 0 Å². The van der Waals surface area contributed by atoms with Gasteiger partial charge in [0.25, 0.3) is 0 Å². The summed E-state index contributed by atoms with van der Waals surface area (Å²) in [6, 6.07) is 6.21. The van der Waals surface area contributed by atoms with E-state index in [9.17, 15) is 14.7 Å². The third-order valence-electron chi connectivity index (χ3n) is 2.35. The lowest BCUT2D eigenvalue weighted by Crippen LogP contribution is -2.29. The van der Waals surface area contributed by atoms with Crippen molar-refractivity contribution in [2.45, 2.75) is 0 Å². The van der Waals surface area contributed by atoms with Crippen LogP contribution < -0.4 is 9.84 Å². The number of carbonyl (C=O) groups is 2. The minimum absolute atomic E-state index is 0.0308. The van der Waals surface area contributed by atoms with Crippen LogP contribution in [0.3, 0.4) is 0 Å². The van der Waals surface area contributed by atoms with E-state index >= 15 is 0 Å². The van der Waals surface area contributed by atoms with Gasteiger partial charge >= 0.3 is 0 Å². The molecule has 0 fully saturated rings. The molecular formula is C13H7Cl2O4S-. The number of halogens is 2. The number of ketones is 1. The zero-order chi connectivity index (χ0) is 14.7. The molecule has 0 saturated heterocycles. The second-order valence-electron chi connectivity index (χ2n) is 3.74. The third kappa shape index (κ3) is 3.30. The van der Waals surface area contributed by atoms with E-state index in [4.69, 9.17) is 27.9 Å². The number of hydrogen-bond donors (Lipinski definition) is 0. The van der Waals surface area contributed by atoms with Crippen LogP contribution in [0.5, 0.6) is 5.75 Å². The molecule has 1 heterocycles. The van der Waals surface area contributed by atoms with Crippen molar-refractivity contribution in [3.05, 3.63) is 50.1 Å². The molecule has 1 aromatic heterocycles. The average molecular weight is 330 g/mol. The Morgan fingerprint density at radius 3 is 2.65 bits per heavy atom. The van der Waals surface area contributed by atoms with Crippen LogP contribution in [0.4, 0.5) is 0 Å². The molecule has 7 heteroatoms. The lowest BCUT2D eigenvalue weighted by Gasteiger charge is -2.11. The van der Waals surface area contributed by atoms with Gasteiger partial charge in [0.05, 0.1) is 15.9 Å². The maximum atomic E-state index is 12.2. The molecule has 2 aromatic rings. The van der Waals surface area contributed by atoms with E-state index in [2.05, 4.69) is 0 Å². The highest BCUT2D eigenvalue weighted by Gasteiger charge is 2.16. The molecule has 0 N–H and O–H groups in total. The van der Waals surface area contributed by atoms with Gasteiger partial charge in [-0.2, -0.15) is 0 Å². The van der Waals surface area contributed by atoms with Crippen molar-refractivity contribution < 1.29 is 19.4 Å². The minimum atomic E-state index is -1.40. The van der Waals surface area contributed by atoms with Crippen LogP contribution >= 0.6 is 34.5 Å². The standard InChI is InChI=1S/C13H8Cl2O4S/c14-8-4-7(13(18)10-2-1-3-20-10)5-9(12(8)15)19-6-11(16)17/h1-5H,6H2,(H,16,17)/p-1. The molecule has 0 radical (unpaired) electrons. The molecule has 4 nitrogen and oxygen atoms in total. The van der Waals surface area contributed by atoms with Gasteiger partial charge in [-0.1, -0.05) is 29.3 Å². The number of benzene rings is 1. The first-order valence-corrected chi connectivity index (χ1v) is 7.02. The molecule has 0 bridgehead atoms. The van der Waals surface area contributed by atoms with Crippen LogP contribution in [0.15, 0.2) is 29.6 Å². The Morgan fingerprint density at radius 1 is 1.30 bits per heavy atom. The molecule has 0 aliphatic rings. The molecular weight excluding hydrogens is 323 g/mol. The quantitative estimate of drug-likeness (QED) is 0.790. The lowest BCUT2D eigenvalue weighted by atomic mass is 10.1. The van der Waals surface area contributed by atoms with Crippen LogP contribution in [0.25, 0.3) is 0 Å². The van der Waals surface area contributed by atoms with Crippen molar-refractivity contribution >= 4 is 46.3 Å². The van der Waals surface area contributed by atoms with Crippen molar-refractivity contribution in [1.29, 1.82) is 0 Å². The summed E-state index contributed by atoms with van der Waals surface area (Å²) in [6.45, 7) is -0.674. The predicted molar refractivity (Wildman–Crippen MR) is 74.7 cm³/mol. The number of rotatable bonds is 5. The van der Waals surface area contributed by atoms with Crippen LogP contribution in [0.1, 0.15) is 15.2 Å². The molecule has 0 aliphatic carbocycles. The van der Waals surface area contributed by atoms with Crippen molar-refractivity contribution in [3.8, 4) is 5.75 Å². The number of hydrogen-bond acceptors (Lipinski definition) is 5. The lowest BCUT2D eigenvalue weighted by molar-refractivity contribution is -0.307. The molecule has 104 valence electrons. The Morgan fingerprint density at radius 2 is 2.05 bits per heavy atom. The number of carbonyl (C=O) groups excluding carboxylic acids is 2. The van der Waals surface area contributed by atoms with Gasteiger partial charge in [-0.05, 0) is 23.6 Å². The van der Waals surface area contributed by atoms with E-state index in [0.29, 0.717) is 4.88 Å². The van der Waals surface area contributed by atoms with E-state index in [1.165, 1.54) is 23.5 Å². The van der Waals surface area contributed by atoms with Crippen molar-refractivity contribution in [2.75, 3.05) is 6.61 Å². The third-order valence-corrected chi connectivity index (χ3v) is 4.00. The SMILES string of the molecule is O=C([O-])COc1cc(C(=O)c2cccs2)cc(Cl)c1Cl. The Bertz CT molecular complexity index is 653. The van der Waals surface area contributed by atoms with Crippen LogP contribution in [-0.2, 0) is 4.79 Å². The number of thiophene rings is 1. The summed E-state index contributed by atoms with van der Waals surface area (Å²) in [4.78, 5) is 23.1. The Labute approximate surface area is 128 Å². The normalized spacial score (nSPS) is 10.3. The summed E-state index contributed by atoms with van der Waals surface area (Å²) in [5, 5.41) is 12.3. The fourth-order valence-corrected chi connectivity index (χ4v) is 2.55. The molecule has 0 atom stereocenters. The highest BCUT2D eigenvalue weighted by atomic mass is 35.5. The molecule has 2 rings (SSSR count). The summed E-state index contributed by atoms with van der Waals surface area (Å²) in [5.41, 5.74) is 0.273. The number of carboxylic acids is 1. The summed E-state index contributed by atoms with van der Waals surface area (Å²) in [7, 11) is 0. The number of ether oxygens (including phenoxy) is 1. The van der Waals surface area contributed by atoms with Crippen LogP contribution in [-0.4, -0.2) is 18.4 Å². The molecule has 1 aromatic carbocycles. The first-order valence-electron chi connectivity index (χ1n) is 5.39. The average Bonchev–Trinajstić information content (AvgIpc) is 2.93. The topological polar surface area (TPSA) is 66.4 Å². The van der Waals surface area contributed by atoms with Gasteiger partial charge in [0.2, 0.25) is 5.78 Å². The summed E-state index contributed by atoms with van der Waals surface area (Å²) >= 11 is 13.1. The molecule has 0 saturated carbocycles. The molecule has 0 aliphatic heterocycles. The second-order valence-corrected chi connectivity index (χ2v) is 5.47. The first-order chi connectivity index (χ1) is 9.49. The zero-order valence-electron chi connectivity index (χ0n) is 9.89. The highest BCUT2D eigenvalue weighted by Crippen LogP contribution is 2.34. The fraction of sp³-hybridized carbons (Fsp3) is 0.0769. The van der Waals surface area contributed by atoms with E-state index in [-0.39, 0.29) is 27.1 Å². The van der Waals surface area contributed by atoms with Gasteiger partial charge in [0, 0.05) is 5.56 Å². The summed E-state index contributed by atoms with van der Waals surface area (Å²) in [6.07, 6.45) is 0. The van der Waals surface area contributed by atoms with Gasteiger partial charge in [-0.3, -0.25) is 4.79 Å². The Kier molecular flexibility index (Phi) is 4.65. The summed E-state index contributed by atoms with van der Waals surface area (Å²) in [5.74, 6) is -1.60. The van der Waals surface area contributed by atoms with Crippen molar-refractivity contribution in [2.24, 2.45) is 0 Å². The van der Waals surface area contributed by atoms with Crippen molar-refractivity contribution in [3.63, 3.8) is 0 Å². The van der Waals surface area contributed by atoms with E-state index in [0.717, 1.165) is 0 Å². The van der Waals surface area contributed by atoms with E-state index in [1.807, 2.05) is 0 Å². The van der Waals surface area contributed by atoms with E-state index < -0.39 is 12.6 Å². The molecule has 0 unspecified atom stereocenters. The number of aliphatic carboxylic acids is 1. The smallest absolute Gasteiger partial charge is 0.203 e. The van der Waals surface area contributed by atoms with Crippen LogP contribution in [0.2, 0.25) is 10.0 Å². The van der Waals surface area contributed by atoms with Gasteiger partial charge < -0.3 is 14.6 Å². The largest absolute Gasteiger partial charge is 0.546 e. The molecule has 0 spiro atoms. The van der Waals surface area contributed by atoms with Crippen molar-refractivity contribution in [1.82, 2.24) is 0 Å². The highest BCUT2D eigenvalue weighted by molar-refractivity contribution is 7.12. The predicted octanol–water partition coefficient (Wildman–Crippen LogP) is 2.41. The minimum Gasteiger partial charge on any atom is -0.546 e. The van der Waals surface area contributed by atoms with Gasteiger partial charge in [-0.15, -0.1) is 11.3 Å². The first kappa shape index (κ1) is 14.8. The molecule has 0 amide bonds. The van der Waals surface area contributed by atoms with E-state index in [1.54, 1.807) is 17.5 Å². The van der Waals surface area contributed by atoms with Gasteiger partial charge in [0.15, 0.2) is 0 Å². The van der Waals surface area contributed by atoms with Crippen LogP contribution in [0, 0.1) is 0 Å².